The van der Waals surface area contributed by atoms with Gasteiger partial charge in [-0.3, -0.25) is 9.78 Å². The smallest absolute Gasteiger partial charge is 0.322 e. The summed E-state index contributed by atoms with van der Waals surface area (Å²) in [6.07, 6.45) is 3.22. The molecule has 2 amide bonds. The van der Waals surface area contributed by atoms with Crippen molar-refractivity contribution in [1.82, 2.24) is 9.88 Å². The molecule has 7 nitrogen and oxygen atoms in total. The van der Waals surface area contributed by atoms with Gasteiger partial charge in [-0.1, -0.05) is 0 Å². The number of likely N-dealkylation sites (N-methyl/N-ethyl adjacent to an activating group) is 1. The Morgan fingerprint density at radius 3 is 2.90 bits per heavy atom. The van der Waals surface area contributed by atoms with Crippen LogP contribution in [0, 0.1) is 12.8 Å². The molecule has 7 heteroatoms. The molecule has 2 unspecified atom stereocenters. The Hall–Kier alpha value is -2.15. The number of aromatic nitrogens is 1. The van der Waals surface area contributed by atoms with Crippen LogP contribution in [0.15, 0.2) is 18.5 Å². The number of pyridine rings is 1. The molecular formula is C14H19N3O4. The fourth-order valence-electron chi connectivity index (χ4n) is 2.40. The molecule has 2 N–H and O–H groups in total. The normalized spacial score (nSPS) is 21.0. The lowest BCUT2D eigenvalue weighted by molar-refractivity contribution is -0.142. The molecule has 2 atom stereocenters. The summed E-state index contributed by atoms with van der Waals surface area (Å²) in [5.74, 6) is -1.63. The molecule has 0 aromatic carbocycles. The zero-order valence-electron chi connectivity index (χ0n) is 12.1. The number of carbonyl (C=O) groups is 2. The SMILES string of the molecule is CCN(C(=O)Nc1cnccc1C)C1COCC1C(=O)O. The van der Waals surface area contributed by atoms with Gasteiger partial charge in [0.25, 0.3) is 0 Å². The van der Waals surface area contributed by atoms with Gasteiger partial charge < -0.3 is 20.1 Å². The first-order valence-electron chi connectivity index (χ1n) is 6.83. The largest absolute Gasteiger partial charge is 0.481 e. The third-order valence-electron chi connectivity index (χ3n) is 3.65. The first-order valence-corrected chi connectivity index (χ1v) is 6.83. The lowest BCUT2D eigenvalue weighted by Gasteiger charge is -2.29. The molecule has 0 spiro atoms. The molecule has 2 heterocycles. The van der Waals surface area contributed by atoms with Crippen LogP contribution in [0.2, 0.25) is 0 Å². The van der Waals surface area contributed by atoms with Crippen molar-refractivity contribution in [3.8, 4) is 0 Å². The minimum atomic E-state index is -0.943. The first kappa shape index (κ1) is 15.2. The maximum atomic E-state index is 12.4. The van der Waals surface area contributed by atoms with E-state index in [2.05, 4.69) is 10.3 Å². The first-order chi connectivity index (χ1) is 10.0. The highest BCUT2D eigenvalue weighted by Crippen LogP contribution is 2.21. The number of nitrogens with one attached hydrogen (secondary N) is 1. The maximum Gasteiger partial charge on any atom is 0.322 e. The van der Waals surface area contributed by atoms with E-state index in [1.165, 1.54) is 4.90 Å². The number of aryl methyl sites for hydroxylation is 1. The van der Waals surface area contributed by atoms with Gasteiger partial charge in [0, 0.05) is 12.7 Å². The Bertz CT molecular complexity index is 535. The summed E-state index contributed by atoms with van der Waals surface area (Å²) in [7, 11) is 0. The minimum absolute atomic E-state index is 0.135. The van der Waals surface area contributed by atoms with Crippen LogP contribution in [-0.4, -0.2) is 52.8 Å². The number of ether oxygens (including phenoxy) is 1. The number of hydrogen-bond donors (Lipinski definition) is 2. The van der Waals surface area contributed by atoms with Crippen LogP contribution in [-0.2, 0) is 9.53 Å². The van der Waals surface area contributed by atoms with E-state index in [-0.39, 0.29) is 19.2 Å². The molecule has 1 aromatic rings. The average molecular weight is 293 g/mol. The van der Waals surface area contributed by atoms with Gasteiger partial charge in [-0.15, -0.1) is 0 Å². The van der Waals surface area contributed by atoms with Gasteiger partial charge >= 0.3 is 12.0 Å². The summed E-state index contributed by atoms with van der Waals surface area (Å²) < 4.78 is 5.22. The zero-order chi connectivity index (χ0) is 15.4. The van der Waals surface area contributed by atoms with Crippen LogP contribution in [0.3, 0.4) is 0 Å². The van der Waals surface area contributed by atoms with E-state index in [0.29, 0.717) is 12.2 Å². The van der Waals surface area contributed by atoms with E-state index < -0.39 is 17.9 Å². The van der Waals surface area contributed by atoms with Gasteiger partial charge in [0.05, 0.1) is 31.1 Å². The number of aliphatic carboxylic acids is 1. The molecule has 1 aromatic heterocycles. The summed E-state index contributed by atoms with van der Waals surface area (Å²) in [6.45, 7) is 4.46. The topological polar surface area (TPSA) is 91.8 Å². The third kappa shape index (κ3) is 3.30. The van der Waals surface area contributed by atoms with Crippen LogP contribution in [0.25, 0.3) is 0 Å². The van der Waals surface area contributed by atoms with Crippen molar-refractivity contribution in [3.63, 3.8) is 0 Å². The van der Waals surface area contributed by atoms with Gasteiger partial charge in [0.2, 0.25) is 0 Å². The highest BCUT2D eigenvalue weighted by atomic mass is 16.5. The van der Waals surface area contributed by atoms with Crippen molar-refractivity contribution in [2.24, 2.45) is 5.92 Å². The summed E-state index contributed by atoms with van der Waals surface area (Å²) in [4.78, 5) is 29.1. The quantitative estimate of drug-likeness (QED) is 0.874. The molecule has 1 saturated heterocycles. The molecule has 1 aliphatic heterocycles. The van der Waals surface area contributed by atoms with Crippen LogP contribution in [0.4, 0.5) is 10.5 Å². The van der Waals surface area contributed by atoms with Crippen molar-refractivity contribution in [2.75, 3.05) is 25.1 Å². The molecule has 0 bridgehead atoms. The molecule has 1 fully saturated rings. The highest BCUT2D eigenvalue weighted by molar-refractivity contribution is 5.90. The van der Waals surface area contributed by atoms with Crippen molar-refractivity contribution in [1.29, 1.82) is 0 Å². The number of nitrogens with zero attached hydrogens (tertiary/aromatic N) is 2. The van der Waals surface area contributed by atoms with Crippen LogP contribution in [0.5, 0.6) is 0 Å². The predicted molar refractivity (Wildman–Crippen MR) is 76.1 cm³/mol. The van der Waals surface area contributed by atoms with Gasteiger partial charge in [0.1, 0.15) is 5.92 Å². The lowest BCUT2D eigenvalue weighted by atomic mass is 10.0. The van der Waals surface area contributed by atoms with E-state index in [1.807, 2.05) is 13.8 Å². The number of rotatable bonds is 4. The van der Waals surface area contributed by atoms with Crippen LogP contribution in [0.1, 0.15) is 12.5 Å². The Morgan fingerprint density at radius 1 is 1.52 bits per heavy atom. The second-order valence-electron chi connectivity index (χ2n) is 4.96. The van der Waals surface area contributed by atoms with E-state index in [1.54, 1.807) is 18.5 Å². The Balaban J connectivity index is 2.12. The molecule has 1 aliphatic rings. The molecular weight excluding hydrogens is 274 g/mol. The van der Waals surface area contributed by atoms with Crippen molar-refractivity contribution in [2.45, 2.75) is 19.9 Å². The standard InChI is InChI=1S/C14H19N3O4/c1-3-17(12-8-21-7-10(12)13(18)19)14(20)16-11-6-15-5-4-9(11)2/h4-6,10,12H,3,7-8H2,1-2H3,(H,16,20)(H,18,19). The number of amides is 2. The summed E-state index contributed by atoms with van der Waals surface area (Å²) >= 11 is 0. The Labute approximate surface area is 122 Å². The Kier molecular flexibility index (Phi) is 4.74. The van der Waals surface area contributed by atoms with Gasteiger partial charge in [0.15, 0.2) is 0 Å². The van der Waals surface area contributed by atoms with E-state index in [0.717, 1.165) is 5.56 Å². The number of anilines is 1. The van der Waals surface area contributed by atoms with Gasteiger partial charge in [-0.2, -0.15) is 0 Å². The fraction of sp³-hybridized carbons (Fsp3) is 0.500. The number of carboxylic acids is 1. The predicted octanol–water partition coefficient (Wildman–Crippen LogP) is 1.34. The van der Waals surface area contributed by atoms with E-state index in [4.69, 9.17) is 4.74 Å². The minimum Gasteiger partial charge on any atom is -0.481 e. The number of carboxylic acid groups (broad SMARTS) is 1. The van der Waals surface area contributed by atoms with Crippen molar-refractivity contribution < 1.29 is 19.4 Å². The average Bonchev–Trinajstić information content (AvgIpc) is 2.91. The summed E-state index contributed by atoms with van der Waals surface area (Å²) in [5, 5.41) is 12.0. The van der Waals surface area contributed by atoms with Crippen molar-refractivity contribution in [3.05, 3.63) is 24.0 Å². The van der Waals surface area contributed by atoms with Crippen LogP contribution < -0.4 is 5.32 Å². The summed E-state index contributed by atoms with van der Waals surface area (Å²) in [6, 6.07) is 1.00. The molecule has 21 heavy (non-hydrogen) atoms. The second-order valence-corrected chi connectivity index (χ2v) is 4.96. The van der Waals surface area contributed by atoms with Gasteiger partial charge in [-0.25, -0.2) is 4.79 Å². The fourth-order valence-corrected chi connectivity index (χ4v) is 2.40. The highest BCUT2D eigenvalue weighted by Gasteiger charge is 2.39. The molecule has 2 rings (SSSR count). The Morgan fingerprint density at radius 2 is 2.29 bits per heavy atom. The molecule has 0 saturated carbocycles. The second kappa shape index (κ2) is 6.53. The number of hydrogen-bond acceptors (Lipinski definition) is 4. The van der Waals surface area contributed by atoms with Crippen molar-refractivity contribution >= 4 is 17.7 Å². The molecule has 0 aliphatic carbocycles. The van der Waals surface area contributed by atoms with Gasteiger partial charge in [-0.05, 0) is 25.5 Å². The van der Waals surface area contributed by atoms with E-state index in [9.17, 15) is 14.7 Å². The maximum absolute atomic E-state index is 12.4. The number of urea groups is 1. The van der Waals surface area contributed by atoms with Crippen LogP contribution >= 0.6 is 0 Å². The monoisotopic (exact) mass is 293 g/mol. The zero-order valence-corrected chi connectivity index (χ0v) is 12.1. The number of carbonyl (C=O) groups excluding carboxylic acids is 1. The summed E-state index contributed by atoms with van der Waals surface area (Å²) in [5.41, 5.74) is 1.51. The molecule has 0 radical (unpaired) electrons. The molecule has 114 valence electrons. The third-order valence-corrected chi connectivity index (χ3v) is 3.65. The lowest BCUT2D eigenvalue weighted by Crippen LogP contribution is -2.48. The van der Waals surface area contributed by atoms with E-state index >= 15 is 0 Å².